The second-order valence-electron chi connectivity index (χ2n) is 7.21. The number of likely N-dealkylation sites (tertiary alicyclic amines) is 1. The first-order chi connectivity index (χ1) is 14.2. The topological polar surface area (TPSA) is 101 Å². The van der Waals surface area contributed by atoms with E-state index in [4.69, 9.17) is 4.52 Å². The molecule has 0 aliphatic carbocycles. The fourth-order valence-electron chi connectivity index (χ4n) is 3.54. The molecule has 2 saturated heterocycles. The van der Waals surface area contributed by atoms with Crippen LogP contribution in [0.25, 0.3) is 10.2 Å². The van der Waals surface area contributed by atoms with Crippen molar-refractivity contribution in [2.24, 2.45) is 0 Å². The Morgan fingerprint density at radius 3 is 3.00 bits per heavy atom. The van der Waals surface area contributed by atoms with Gasteiger partial charge in [0, 0.05) is 19.6 Å². The Hall–Kier alpha value is -2.46. The number of para-hydroxylation sites is 1. The second-order valence-corrected chi connectivity index (χ2v) is 9.46. The van der Waals surface area contributed by atoms with E-state index in [2.05, 4.69) is 20.4 Å². The maximum Gasteiger partial charge on any atom is 0.233 e. The molecule has 29 heavy (non-hydrogen) atoms. The van der Waals surface area contributed by atoms with Crippen molar-refractivity contribution in [3.8, 4) is 0 Å². The summed E-state index contributed by atoms with van der Waals surface area (Å²) in [6.45, 7) is 1.84. The molecule has 0 radical (unpaired) electrons. The van der Waals surface area contributed by atoms with Crippen molar-refractivity contribution in [2.45, 2.75) is 29.0 Å². The summed E-state index contributed by atoms with van der Waals surface area (Å²) in [4.78, 5) is 35.2. The summed E-state index contributed by atoms with van der Waals surface area (Å²) < 4.78 is 7.40. The van der Waals surface area contributed by atoms with Crippen LogP contribution in [0, 0.1) is 0 Å². The van der Waals surface area contributed by atoms with E-state index in [1.807, 2.05) is 24.3 Å². The van der Waals surface area contributed by atoms with Crippen LogP contribution in [0.1, 0.15) is 36.4 Å². The third-order valence-electron chi connectivity index (χ3n) is 5.23. The van der Waals surface area contributed by atoms with Crippen LogP contribution in [0.15, 0.2) is 33.1 Å². The highest BCUT2D eigenvalue weighted by atomic mass is 32.2. The Balaban J connectivity index is 1.14. The van der Waals surface area contributed by atoms with Crippen molar-refractivity contribution in [3.05, 3.63) is 36.0 Å². The minimum Gasteiger partial charge on any atom is -0.355 e. The number of piperidine rings is 1. The number of nitrogens with zero attached hydrogens (tertiary/aromatic N) is 4. The summed E-state index contributed by atoms with van der Waals surface area (Å²) in [6, 6.07) is 7.97. The Labute approximate surface area is 175 Å². The van der Waals surface area contributed by atoms with Gasteiger partial charge in [0.1, 0.15) is 5.92 Å². The van der Waals surface area contributed by atoms with Gasteiger partial charge in [0.25, 0.3) is 0 Å². The van der Waals surface area contributed by atoms with E-state index in [-0.39, 0.29) is 23.7 Å². The van der Waals surface area contributed by atoms with Gasteiger partial charge in [-0.25, -0.2) is 4.98 Å². The smallest absolute Gasteiger partial charge is 0.233 e. The molecule has 2 fully saturated rings. The lowest BCUT2D eigenvalue weighted by Gasteiger charge is -2.37. The molecule has 3 aromatic rings. The zero-order valence-electron chi connectivity index (χ0n) is 15.5. The van der Waals surface area contributed by atoms with Crippen molar-refractivity contribution >= 4 is 45.1 Å². The zero-order valence-corrected chi connectivity index (χ0v) is 17.2. The summed E-state index contributed by atoms with van der Waals surface area (Å²) >= 11 is 3.08. The number of hydrogen-bond donors (Lipinski definition) is 1. The quantitative estimate of drug-likeness (QED) is 0.622. The third kappa shape index (κ3) is 3.74. The third-order valence-corrected chi connectivity index (χ3v) is 7.40. The number of nitrogens with one attached hydrogen (secondary N) is 1. The molecule has 2 aromatic heterocycles. The molecule has 4 heterocycles. The van der Waals surface area contributed by atoms with E-state index in [9.17, 15) is 9.59 Å². The minimum atomic E-state index is -0.329. The van der Waals surface area contributed by atoms with Crippen LogP contribution in [0.4, 0.5) is 0 Å². The standard InChI is InChI=1S/C19H19N5O3S2/c25-15(10-28-19-21-13-5-1-2-6-14(13)29-19)24-8-11(9-24)18-22-16(23-27-18)12-4-3-7-20-17(12)26/h1-2,5-6,11-12H,3-4,7-10H2,(H,20,26). The maximum atomic E-state index is 12.4. The number of benzene rings is 1. The number of thiazole rings is 1. The molecule has 2 amide bonds. The van der Waals surface area contributed by atoms with Crippen LogP contribution in [0.5, 0.6) is 0 Å². The number of aromatic nitrogens is 3. The summed E-state index contributed by atoms with van der Waals surface area (Å²) in [5.41, 5.74) is 0.968. The number of carbonyl (C=O) groups is 2. The van der Waals surface area contributed by atoms with Gasteiger partial charge < -0.3 is 14.7 Å². The Kier molecular flexibility index (Phi) is 4.96. The van der Waals surface area contributed by atoms with Crippen molar-refractivity contribution in [1.82, 2.24) is 25.3 Å². The fourth-order valence-corrected chi connectivity index (χ4v) is 5.51. The number of carbonyl (C=O) groups excluding carboxylic acids is 2. The molecule has 0 bridgehead atoms. The van der Waals surface area contributed by atoms with Crippen LogP contribution in [0.3, 0.4) is 0 Å². The molecule has 1 atom stereocenters. The van der Waals surface area contributed by atoms with E-state index >= 15 is 0 Å². The van der Waals surface area contributed by atoms with Gasteiger partial charge in [-0.1, -0.05) is 29.1 Å². The average molecular weight is 430 g/mol. The zero-order chi connectivity index (χ0) is 19.8. The molecule has 10 heteroatoms. The number of fused-ring (bicyclic) bond motifs is 1. The largest absolute Gasteiger partial charge is 0.355 e. The van der Waals surface area contributed by atoms with E-state index < -0.39 is 0 Å². The van der Waals surface area contributed by atoms with E-state index in [1.54, 1.807) is 16.2 Å². The lowest BCUT2D eigenvalue weighted by atomic mass is 9.97. The van der Waals surface area contributed by atoms with Crippen LogP contribution in [0.2, 0.25) is 0 Å². The lowest BCUT2D eigenvalue weighted by Crippen LogP contribution is -2.49. The van der Waals surface area contributed by atoms with Crippen LogP contribution >= 0.6 is 23.1 Å². The van der Waals surface area contributed by atoms with Crippen molar-refractivity contribution in [3.63, 3.8) is 0 Å². The van der Waals surface area contributed by atoms with Gasteiger partial charge in [-0.15, -0.1) is 11.3 Å². The monoisotopic (exact) mass is 429 g/mol. The molecule has 8 nitrogen and oxygen atoms in total. The second kappa shape index (κ2) is 7.75. The SMILES string of the molecule is O=C1NCCCC1c1noc(C2CN(C(=O)CSc3nc4ccccc4s3)C2)n1. The van der Waals surface area contributed by atoms with Gasteiger partial charge in [-0.05, 0) is 25.0 Å². The summed E-state index contributed by atoms with van der Waals surface area (Å²) in [6.07, 6.45) is 1.65. The molecular weight excluding hydrogens is 410 g/mol. The van der Waals surface area contributed by atoms with Crippen molar-refractivity contribution in [2.75, 3.05) is 25.4 Å². The highest BCUT2D eigenvalue weighted by Crippen LogP contribution is 2.32. The number of amides is 2. The van der Waals surface area contributed by atoms with Gasteiger partial charge in [-0.3, -0.25) is 9.59 Å². The van der Waals surface area contributed by atoms with Gasteiger partial charge >= 0.3 is 0 Å². The Morgan fingerprint density at radius 1 is 1.31 bits per heavy atom. The molecule has 0 spiro atoms. The Bertz CT molecular complexity index is 1030. The van der Waals surface area contributed by atoms with Gasteiger partial charge in [0.15, 0.2) is 10.2 Å². The number of hydrogen-bond acceptors (Lipinski definition) is 8. The van der Waals surface area contributed by atoms with Gasteiger partial charge in [0.2, 0.25) is 17.7 Å². The molecule has 1 aromatic carbocycles. The maximum absolute atomic E-state index is 12.4. The summed E-state index contributed by atoms with van der Waals surface area (Å²) in [5.74, 6) is 1.08. The van der Waals surface area contributed by atoms with Gasteiger partial charge in [0.05, 0.1) is 21.9 Å². The molecule has 1 unspecified atom stereocenters. The highest BCUT2D eigenvalue weighted by molar-refractivity contribution is 8.01. The van der Waals surface area contributed by atoms with E-state index in [1.165, 1.54) is 11.8 Å². The predicted octanol–water partition coefficient (Wildman–Crippen LogP) is 2.39. The lowest BCUT2D eigenvalue weighted by molar-refractivity contribution is -0.133. The van der Waals surface area contributed by atoms with Crippen LogP contribution in [-0.2, 0) is 9.59 Å². The molecular formula is C19H19N5O3S2. The number of thioether (sulfide) groups is 1. The summed E-state index contributed by atoms with van der Waals surface area (Å²) in [7, 11) is 0. The van der Waals surface area contributed by atoms with Gasteiger partial charge in [-0.2, -0.15) is 4.98 Å². The normalized spacial score (nSPS) is 19.9. The highest BCUT2D eigenvalue weighted by Gasteiger charge is 2.37. The summed E-state index contributed by atoms with van der Waals surface area (Å²) in [5, 5.41) is 6.83. The first-order valence-corrected chi connectivity index (χ1v) is 11.3. The fraction of sp³-hybridized carbons (Fsp3) is 0.421. The van der Waals surface area contributed by atoms with Crippen LogP contribution in [-0.4, -0.2) is 57.2 Å². The van der Waals surface area contributed by atoms with Crippen LogP contribution < -0.4 is 5.32 Å². The van der Waals surface area contributed by atoms with Crippen molar-refractivity contribution < 1.29 is 14.1 Å². The molecule has 1 N–H and O–H groups in total. The number of rotatable bonds is 5. The molecule has 2 aliphatic heterocycles. The predicted molar refractivity (Wildman–Crippen MR) is 109 cm³/mol. The molecule has 5 rings (SSSR count). The van der Waals surface area contributed by atoms with Crippen molar-refractivity contribution in [1.29, 1.82) is 0 Å². The van der Waals surface area contributed by atoms with E-state index in [0.29, 0.717) is 37.1 Å². The molecule has 0 saturated carbocycles. The van der Waals surface area contributed by atoms with E-state index in [0.717, 1.165) is 27.4 Å². The first kappa shape index (κ1) is 18.6. The molecule has 150 valence electrons. The first-order valence-electron chi connectivity index (χ1n) is 9.55. The molecule has 2 aliphatic rings. The Morgan fingerprint density at radius 2 is 2.17 bits per heavy atom. The average Bonchev–Trinajstić information content (AvgIpc) is 3.32. The minimum absolute atomic E-state index is 0.0408.